The number of hydrogen-bond donors (Lipinski definition) is 0. The van der Waals surface area contributed by atoms with Crippen molar-refractivity contribution in [3.8, 4) is 0 Å². The molecule has 1 rings (SSSR count). The van der Waals surface area contributed by atoms with Gasteiger partial charge in [0.1, 0.15) is 0 Å². The summed E-state index contributed by atoms with van der Waals surface area (Å²) in [5, 5.41) is 0. The van der Waals surface area contributed by atoms with Crippen LogP contribution in [-0.4, -0.2) is 52.6 Å². The molecule has 1 saturated heterocycles. The van der Waals surface area contributed by atoms with Crippen molar-refractivity contribution in [3.63, 3.8) is 0 Å². The number of likely N-dealkylation sites (tertiary alicyclic amines) is 1. The fraction of sp³-hybridized carbons (Fsp3) is 0.900. The average molecular weight is 317 g/mol. The van der Waals surface area contributed by atoms with E-state index in [9.17, 15) is 22.4 Å². The molecule has 3 atom stereocenters. The van der Waals surface area contributed by atoms with Crippen LogP contribution in [0.15, 0.2) is 0 Å². The normalized spacial score (nSPS) is 25.7. The SMILES string of the molecule is CC[C@H](C)[C@H]([AsH2])C(=O)N1CC(F)(F)C(F)(F)C1. The number of amides is 1. The van der Waals surface area contributed by atoms with E-state index in [0.717, 1.165) is 23.3 Å². The van der Waals surface area contributed by atoms with E-state index in [2.05, 4.69) is 0 Å². The van der Waals surface area contributed by atoms with Gasteiger partial charge >= 0.3 is 106 Å². The summed E-state index contributed by atoms with van der Waals surface area (Å²) < 4.78 is 51.3. The molecule has 0 aromatic carbocycles. The Kier molecular flexibility index (Phi) is 4.17. The van der Waals surface area contributed by atoms with Gasteiger partial charge in [0.05, 0.1) is 0 Å². The number of nitrogens with zero attached hydrogens (tertiary/aromatic N) is 1. The number of rotatable bonds is 3. The quantitative estimate of drug-likeness (QED) is 0.571. The van der Waals surface area contributed by atoms with Gasteiger partial charge in [-0.15, -0.1) is 0 Å². The Balaban J connectivity index is 2.75. The molecule has 1 amide bonds. The molecule has 0 aromatic heterocycles. The summed E-state index contributed by atoms with van der Waals surface area (Å²) in [6.07, 6.45) is 0.718. The van der Waals surface area contributed by atoms with Crippen molar-refractivity contribution in [2.45, 2.75) is 36.8 Å². The van der Waals surface area contributed by atoms with E-state index in [1.165, 1.54) is 0 Å². The zero-order chi connectivity index (χ0) is 13.4. The number of carbonyl (C=O) groups excluding carboxylic acids is 1. The van der Waals surface area contributed by atoms with E-state index in [-0.39, 0.29) is 5.92 Å². The number of halogens is 4. The van der Waals surface area contributed by atoms with Gasteiger partial charge < -0.3 is 0 Å². The first kappa shape index (κ1) is 14.8. The van der Waals surface area contributed by atoms with Gasteiger partial charge in [-0.25, -0.2) is 0 Å². The molecule has 2 nitrogen and oxygen atoms in total. The summed E-state index contributed by atoms with van der Waals surface area (Å²) in [6, 6.07) is 0. The van der Waals surface area contributed by atoms with Crippen LogP contribution in [0.1, 0.15) is 20.3 Å². The average Bonchev–Trinajstić information content (AvgIpc) is 2.45. The Bertz CT molecular complexity index is 295. The summed E-state index contributed by atoms with van der Waals surface area (Å²) in [7, 11) is 0. The minimum atomic E-state index is -4.11. The molecule has 100 valence electrons. The van der Waals surface area contributed by atoms with Crippen LogP contribution in [0.3, 0.4) is 0 Å². The Morgan fingerprint density at radius 3 is 2.06 bits per heavy atom. The van der Waals surface area contributed by atoms with Gasteiger partial charge in [-0.1, -0.05) is 0 Å². The predicted molar refractivity (Wildman–Crippen MR) is 58.2 cm³/mol. The van der Waals surface area contributed by atoms with Crippen LogP contribution in [0, 0.1) is 5.92 Å². The van der Waals surface area contributed by atoms with Gasteiger partial charge in [-0.3, -0.25) is 0 Å². The third-order valence-electron chi connectivity index (χ3n) is 3.17. The molecule has 1 aliphatic rings. The van der Waals surface area contributed by atoms with Crippen molar-refractivity contribution < 1.29 is 22.4 Å². The molecule has 0 aromatic rings. The van der Waals surface area contributed by atoms with Crippen LogP contribution in [0.4, 0.5) is 17.6 Å². The molecule has 0 saturated carbocycles. The Hall–Kier alpha value is -0.252. The van der Waals surface area contributed by atoms with E-state index >= 15 is 0 Å². The summed E-state index contributed by atoms with van der Waals surface area (Å²) in [6.45, 7) is 1.35. The molecule has 0 bridgehead atoms. The molecule has 0 aliphatic carbocycles. The second kappa shape index (κ2) is 4.79. The summed E-state index contributed by atoms with van der Waals surface area (Å²) in [4.78, 5) is 12.4. The third-order valence-corrected chi connectivity index (χ3v) is 5.14. The molecule has 1 heterocycles. The molecular weight excluding hydrogens is 301 g/mol. The molecule has 1 aliphatic heterocycles. The maximum atomic E-state index is 12.9. The van der Waals surface area contributed by atoms with Crippen molar-refractivity contribution in [1.82, 2.24) is 4.90 Å². The van der Waals surface area contributed by atoms with E-state index < -0.39 is 35.5 Å². The topological polar surface area (TPSA) is 20.3 Å². The molecule has 7 heteroatoms. The number of hydrogen-bond acceptors (Lipinski definition) is 1. The molecule has 0 radical (unpaired) electrons. The van der Waals surface area contributed by atoms with E-state index in [1.807, 2.05) is 13.8 Å². The van der Waals surface area contributed by atoms with E-state index in [1.54, 1.807) is 0 Å². The van der Waals surface area contributed by atoms with Crippen molar-refractivity contribution in [2.24, 2.45) is 5.92 Å². The van der Waals surface area contributed by atoms with Gasteiger partial charge in [0.2, 0.25) is 0 Å². The number of carbonyl (C=O) groups is 1. The molecule has 17 heavy (non-hydrogen) atoms. The summed E-state index contributed by atoms with van der Waals surface area (Å²) >= 11 is 1.09. The second-order valence-corrected chi connectivity index (χ2v) is 6.02. The maximum absolute atomic E-state index is 12.9. The summed E-state index contributed by atoms with van der Waals surface area (Å²) in [5.74, 6) is -8.78. The predicted octanol–water partition coefficient (Wildman–Crippen LogP) is 1.57. The molecule has 0 spiro atoms. The Labute approximate surface area is 106 Å². The fourth-order valence-electron chi connectivity index (χ4n) is 1.63. The van der Waals surface area contributed by atoms with Gasteiger partial charge in [0, 0.05) is 0 Å². The molecule has 1 unspecified atom stereocenters. The second-order valence-electron chi connectivity index (χ2n) is 4.51. The molecule has 1 fully saturated rings. The first-order valence-electron chi connectivity index (χ1n) is 5.42. The van der Waals surface area contributed by atoms with Crippen LogP contribution < -0.4 is 0 Å². The molecular formula is C10H16AsF4NO. The summed E-state index contributed by atoms with van der Waals surface area (Å²) in [5.41, 5.74) is 0. The van der Waals surface area contributed by atoms with Crippen molar-refractivity contribution in [1.29, 1.82) is 0 Å². The third kappa shape index (κ3) is 2.78. The standard InChI is InChI=1S/C10H16AsF4NO/c1-3-6(2)7(11)8(17)16-4-9(12,13)10(14,15)5-16/h6-7H,3-5,11H2,1-2H3/t6-,7-/m0/s1. The van der Waals surface area contributed by atoms with Crippen LogP contribution in [-0.2, 0) is 4.79 Å². The van der Waals surface area contributed by atoms with Crippen LogP contribution in [0.5, 0.6) is 0 Å². The van der Waals surface area contributed by atoms with Crippen LogP contribution in [0.2, 0.25) is 4.71 Å². The van der Waals surface area contributed by atoms with Gasteiger partial charge in [-0.05, 0) is 0 Å². The van der Waals surface area contributed by atoms with Gasteiger partial charge in [0.15, 0.2) is 0 Å². The Morgan fingerprint density at radius 1 is 1.29 bits per heavy atom. The fourth-order valence-corrected chi connectivity index (χ4v) is 2.64. The van der Waals surface area contributed by atoms with Crippen LogP contribution in [0.25, 0.3) is 0 Å². The van der Waals surface area contributed by atoms with Gasteiger partial charge in [0.25, 0.3) is 0 Å². The van der Waals surface area contributed by atoms with Crippen molar-refractivity contribution in [3.05, 3.63) is 0 Å². The van der Waals surface area contributed by atoms with Crippen molar-refractivity contribution in [2.75, 3.05) is 13.1 Å². The van der Waals surface area contributed by atoms with E-state index in [4.69, 9.17) is 0 Å². The first-order valence-corrected chi connectivity index (χ1v) is 6.82. The minimum absolute atomic E-state index is 0.0188. The van der Waals surface area contributed by atoms with Gasteiger partial charge in [-0.2, -0.15) is 0 Å². The first-order chi connectivity index (χ1) is 7.62. The number of alkyl halides is 4. The van der Waals surface area contributed by atoms with Crippen molar-refractivity contribution >= 4 is 22.8 Å². The molecule has 0 N–H and O–H groups in total. The zero-order valence-electron chi connectivity index (χ0n) is 9.72. The van der Waals surface area contributed by atoms with E-state index in [0.29, 0.717) is 4.90 Å². The Morgan fingerprint density at radius 2 is 1.71 bits per heavy atom. The zero-order valence-corrected chi connectivity index (χ0v) is 12.1. The van der Waals surface area contributed by atoms with Crippen LogP contribution >= 0.6 is 0 Å². The monoisotopic (exact) mass is 317 g/mol.